The number of hydrogen-bond donors (Lipinski definition) is 0. The van der Waals surface area contributed by atoms with Gasteiger partial charge in [0.2, 0.25) is 5.88 Å². The maximum atomic E-state index is 5.54. The summed E-state index contributed by atoms with van der Waals surface area (Å²) in [6.07, 6.45) is 5.58. The highest BCUT2D eigenvalue weighted by molar-refractivity contribution is 9.10. The van der Waals surface area contributed by atoms with Crippen LogP contribution in [0.15, 0.2) is 10.7 Å². The van der Waals surface area contributed by atoms with Crippen LogP contribution in [0.3, 0.4) is 0 Å². The predicted molar refractivity (Wildman–Crippen MR) is 72.1 cm³/mol. The molecular weight excluding hydrogens is 298 g/mol. The number of aromatic nitrogens is 2. The minimum absolute atomic E-state index is 0.368. The molecule has 0 radical (unpaired) electrons. The van der Waals surface area contributed by atoms with Crippen LogP contribution in [0.1, 0.15) is 19.3 Å². The van der Waals surface area contributed by atoms with Crippen LogP contribution >= 0.6 is 15.9 Å². The zero-order valence-corrected chi connectivity index (χ0v) is 12.1. The first kappa shape index (κ1) is 13.5. The highest BCUT2D eigenvalue weighted by Gasteiger charge is 2.10. The Hall–Kier alpha value is -0.880. The van der Waals surface area contributed by atoms with Crippen molar-refractivity contribution in [3.05, 3.63) is 10.7 Å². The summed E-state index contributed by atoms with van der Waals surface area (Å²) in [7, 11) is 1.57. The second-order valence-electron chi connectivity index (χ2n) is 4.26. The molecule has 1 aliphatic rings. The summed E-state index contributed by atoms with van der Waals surface area (Å²) in [5, 5.41) is 0. The van der Waals surface area contributed by atoms with Crippen LogP contribution in [-0.2, 0) is 0 Å². The molecule has 1 aromatic heterocycles. The summed E-state index contributed by atoms with van der Waals surface area (Å²) in [5.41, 5.74) is 0. The van der Waals surface area contributed by atoms with E-state index in [1.807, 2.05) is 0 Å². The van der Waals surface area contributed by atoms with Crippen molar-refractivity contribution in [2.75, 3.05) is 33.4 Å². The maximum Gasteiger partial charge on any atom is 0.319 e. The largest absolute Gasteiger partial charge is 0.480 e. The average Bonchev–Trinajstić information content (AvgIpc) is 2.42. The number of halogens is 1. The Labute approximate surface area is 116 Å². The van der Waals surface area contributed by atoms with E-state index < -0.39 is 0 Å². The van der Waals surface area contributed by atoms with E-state index in [-0.39, 0.29) is 0 Å². The van der Waals surface area contributed by atoms with Gasteiger partial charge in [-0.25, -0.2) is 4.98 Å². The van der Waals surface area contributed by atoms with Gasteiger partial charge in [-0.1, -0.05) is 6.42 Å². The lowest BCUT2D eigenvalue weighted by atomic mass is 10.1. The van der Waals surface area contributed by atoms with Crippen molar-refractivity contribution in [1.29, 1.82) is 0 Å². The van der Waals surface area contributed by atoms with Gasteiger partial charge in [0, 0.05) is 6.54 Å². The molecular formula is C12H18BrN3O2. The zero-order valence-electron chi connectivity index (χ0n) is 10.6. The quantitative estimate of drug-likeness (QED) is 0.833. The van der Waals surface area contributed by atoms with Gasteiger partial charge in [0.15, 0.2) is 0 Å². The molecule has 0 unspecified atom stereocenters. The molecule has 0 atom stereocenters. The topological polar surface area (TPSA) is 47.5 Å². The van der Waals surface area contributed by atoms with Crippen molar-refractivity contribution in [2.24, 2.45) is 0 Å². The molecule has 0 amide bonds. The van der Waals surface area contributed by atoms with Crippen molar-refractivity contribution in [3.8, 4) is 11.9 Å². The third kappa shape index (κ3) is 3.81. The molecule has 0 spiro atoms. The Morgan fingerprint density at radius 1 is 1.33 bits per heavy atom. The fourth-order valence-electron chi connectivity index (χ4n) is 2.00. The van der Waals surface area contributed by atoms with Gasteiger partial charge in [-0.05, 0) is 41.9 Å². The monoisotopic (exact) mass is 315 g/mol. The first-order chi connectivity index (χ1) is 8.79. The predicted octanol–water partition coefficient (Wildman–Crippen LogP) is 2.11. The minimum Gasteiger partial charge on any atom is -0.480 e. The SMILES string of the molecule is COc1nc(OCCN2CCCCC2)ncc1Br. The van der Waals surface area contributed by atoms with E-state index >= 15 is 0 Å². The summed E-state index contributed by atoms with van der Waals surface area (Å²) in [4.78, 5) is 10.7. The lowest BCUT2D eigenvalue weighted by molar-refractivity contribution is 0.176. The van der Waals surface area contributed by atoms with Crippen molar-refractivity contribution in [1.82, 2.24) is 14.9 Å². The number of hydrogen-bond acceptors (Lipinski definition) is 5. The number of ether oxygens (including phenoxy) is 2. The highest BCUT2D eigenvalue weighted by atomic mass is 79.9. The Bertz CT molecular complexity index is 384. The zero-order chi connectivity index (χ0) is 12.8. The second kappa shape index (κ2) is 6.89. The van der Waals surface area contributed by atoms with E-state index in [2.05, 4.69) is 30.8 Å². The number of nitrogens with zero attached hydrogens (tertiary/aromatic N) is 3. The van der Waals surface area contributed by atoms with Crippen LogP contribution in [-0.4, -0.2) is 48.2 Å². The van der Waals surface area contributed by atoms with Gasteiger partial charge >= 0.3 is 6.01 Å². The van der Waals surface area contributed by atoms with Gasteiger partial charge in [0.05, 0.1) is 17.8 Å². The van der Waals surface area contributed by atoms with E-state index in [0.717, 1.165) is 11.0 Å². The summed E-state index contributed by atoms with van der Waals surface area (Å²) in [6.45, 7) is 3.90. The van der Waals surface area contributed by atoms with E-state index in [9.17, 15) is 0 Å². The van der Waals surface area contributed by atoms with E-state index in [0.29, 0.717) is 18.5 Å². The molecule has 0 bridgehead atoms. The van der Waals surface area contributed by atoms with E-state index in [1.165, 1.54) is 32.4 Å². The third-order valence-corrected chi connectivity index (χ3v) is 3.51. The third-order valence-electron chi connectivity index (χ3n) is 2.97. The molecule has 5 nitrogen and oxygen atoms in total. The second-order valence-corrected chi connectivity index (χ2v) is 5.11. The molecule has 18 heavy (non-hydrogen) atoms. The Morgan fingerprint density at radius 2 is 2.11 bits per heavy atom. The van der Waals surface area contributed by atoms with Crippen molar-refractivity contribution in [3.63, 3.8) is 0 Å². The lowest BCUT2D eigenvalue weighted by Gasteiger charge is -2.25. The van der Waals surface area contributed by atoms with Crippen molar-refractivity contribution < 1.29 is 9.47 Å². The average molecular weight is 316 g/mol. The molecule has 1 fully saturated rings. The number of likely N-dealkylation sites (tertiary alicyclic amines) is 1. The van der Waals surface area contributed by atoms with Crippen LogP contribution in [0, 0.1) is 0 Å². The molecule has 0 aromatic carbocycles. The maximum absolute atomic E-state index is 5.54. The van der Waals surface area contributed by atoms with Gasteiger partial charge in [-0.3, -0.25) is 4.90 Å². The molecule has 0 saturated carbocycles. The fraction of sp³-hybridized carbons (Fsp3) is 0.667. The summed E-state index contributed by atoms with van der Waals surface area (Å²) in [6, 6.07) is 0.368. The normalized spacial score (nSPS) is 16.6. The fourth-order valence-corrected chi connectivity index (χ4v) is 2.35. The van der Waals surface area contributed by atoms with Gasteiger partial charge in [-0.15, -0.1) is 0 Å². The number of methoxy groups -OCH3 is 1. The molecule has 100 valence electrons. The first-order valence-electron chi connectivity index (χ1n) is 6.21. The summed E-state index contributed by atoms with van der Waals surface area (Å²) in [5.74, 6) is 0.498. The summed E-state index contributed by atoms with van der Waals surface area (Å²) < 4.78 is 11.4. The Balaban J connectivity index is 1.79. The number of rotatable bonds is 5. The van der Waals surface area contributed by atoms with Crippen LogP contribution < -0.4 is 9.47 Å². The van der Waals surface area contributed by atoms with Crippen LogP contribution in [0.4, 0.5) is 0 Å². The smallest absolute Gasteiger partial charge is 0.319 e. The molecule has 6 heteroatoms. The van der Waals surface area contributed by atoms with Gasteiger partial charge in [0.25, 0.3) is 0 Å². The Kier molecular flexibility index (Phi) is 5.19. The summed E-state index contributed by atoms with van der Waals surface area (Å²) >= 11 is 3.31. The van der Waals surface area contributed by atoms with Crippen LogP contribution in [0.5, 0.6) is 11.9 Å². The molecule has 1 aliphatic heterocycles. The molecule has 0 aliphatic carbocycles. The van der Waals surface area contributed by atoms with Crippen molar-refractivity contribution >= 4 is 15.9 Å². The highest BCUT2D eigenvalue weighted by Crippen LogP contribution is 2.22. The van der Waals surface area contributed by atoms with Crippen molar-refractivity contribution in [2.45, 2.75) is 19.3 Å². The number of piperidine rings is 1. The molecule has 2 heterocycles. The van der Waals surface area contributed by atoms with Gasteiger partial charge in [0.1, 0.15) is 6.61 Å². The molecule has 1 aromatic rings. The van der Waals surface area contributed by atoms with Crippen LogP contribution in [0.2, 0.25) is 0 Å². The minimum atomic E-state index is 0.368. The van der Waals surface area contributed by atoms with Crippen LogP contribution in [0.25, 0.3) is 0 Å². The first-order valence-corrected chi connectivity index (χ1v) is 7.00. The Morgan fingerprint density at radius 3 is 2.83 bits per heavy atom. The van der Waals surface area contributed by atoms with Gasteiger partial charge < -0.3 is 9.47 Å². The van der Waals surface area contributed by atoms with E-state index in [1.54, 1.807) is 13.3 Å². The van der Waals surface area contributed by atoms with Gasteiger partial charge in [-0.2, -0.15) is 4.98 Å². The molecule has 1 saturated heterocycles. The molecule has 0 N–H and O–H groups in total. The lowest BCUT2D eigenvalue weighted by Crippen LogP contribution is -2.33. The standard InChI is InChI=1S/C12H18BrN3O2/c1-17-11-10(13)9-14-12(15-11)18-8-7-16-5-3-2-4-6-16/h9H,2-8H2,1H3. The van der Waals surface area contributed by atoms with E-state index in [4.69, 9.17) is 9.47 Å². The molecule has 2 rings (SSSR count).